The molecule has 0 saturated heterocycles. The molecule has 0 unspecified atom stereocenters. The van der Waals surface area contributed by atoms with Gasteiger partial charge in [0.25, 0.3) is 0 Å². The van der Waals surface area contributed by atoms with Gasteiger partial charge in [0.2, 0.25) is 4.74 Å². The van der Waals surface area contributed by atoms with Gasteiger partial charge in [0.05, 0.1) is 0 Å². The van der Waals surface area contributed by atoms with E-state index in [0.29, 0.717) is 10.1 Å². The Morgan fingerprint density at radius 3 is 2.65 bits per heavy atom. The smallest absolute Gasteiger partial charge is 0.380 e. The van der Waals surface area contributed by atoms with Gasteiger partial charge in [-0.2, -0.15) is 13.6 Å². The van der Waals surface area contributed by atoms with Crippen molar-refractivity contribution in [2.75, 3.05) is 0 Å². The highest BCUT2D eigenvalue weighted by Crippen LogP contribution is 2.31. The molecule has 0 radical (unpaired) electrons. The van der Waals surface area contributed by atoms with Crippen LogP contribution in [0.5, 0.6) is 11.5 Å². The first-order valence-electron chi connectivity index (χ1n) is 4.34. The molecule has 2 aromatic rings. The van der Waals surface area contributed by atoms with Gasteiger partial charge in [0.15, 0.2) is 0 Å². The Balaban J connectivity index is 2.65. The number of rotatable bonds is 2. The molecule has 2 rings (SSSR count). The van der Waals surface area contributed by atoms with Crippen LogP contribution in [0, 0.1) is 0 Å². The number of fused-ring (bicyclic) bond motifs is 1. The maximum absolute atomic E-state index is 11.1. The van der Waals surface area contributed by atoms with Crippen LogP contribution in [0.3, 0.4) is 0 Å². The minimum atomic E-state index is -4.16. The van der Waals surface area contributed by atoms with E-state index in [1.807, 2.05) is 0 Å². The van der Waals surface area contributed by atoms with Crippen LogP contribution in [-0.2, 0) is 10.3 Å². The molecule has 90 valence electrons. The van der Waals surface area contributed by atoms with E-state index in [4.69, 9.17) is 5.14 Å². The van der Waals surface area contributed by atoms with E-state index in [1.54, 1.807) is 0 Å². The van der Waals surface area contributed by atoms with Gasteiger partial charge in [-0.15, -0.1) is 0 Å². The maximum atomic E-state index is 11.1. The summed E-state index contributed by atoms with van der Waals surface area (Å²) in [6.45, 7) is 0. The second-order valence-corrected chi connectivity index (χ2v) is 5.38. The third-order valence-electron chi connectivity index (χ3n) is 1.90. The van der Waals surface area contributed by atoms with Crippen LogP contribution in [0.4, 0.5) is 0 Å². The van der Waals surface area contributed by atoms with Crippen LogP contribution < -0.4 is 14.1 Å². The Labute approximate surface area is 100 Å². The molecule has 6 nitrogen and oxygen atoms in total. The summed E-state index contributed by atoms with van der Waals surface area (Å²) in [5.74, 6) is -0.322. The van der Waals surface area contributed by atoms with Crippen molar-refractivity contribution < 1.29 is 17.7 Å². The molecule has 0 spiro atoms. The van der Waals surface area contributed by atoms with Crippen molar-refractivity contribution in [2.45, 2.75) is 0 Å². The number of hydrogen-bond donors (Lipinski definition) is 2. The Bertz CT molecular complexity index is 735. The van der Waals surface area contributed by atoms with E-state index in [-0.39, 0.29) is 16.2 Å². The molecule has 0 saturated carbocycles. The molecule has 1 aromatic carbocycles. The quantitative estimate of drug-likeness (QED) is 0.831. The molecule has 3 N–H and O–H groups in total. The predicted molar refractivity (Wildman–Crippen MR) is 63.5 cm³/mol. The van der Waals surface area contributed by atoms with Crippen molar-refractivity contribution in [1.29, 1.82) is 0 Å². The van der Waals surface area contributed by atoms with Crippen LogP contribution in [0.15, 0.2) is 29.1 Å². The van der Waals surface area contributed by atoms with Crippen molar-refractivity contribution >= 4 is 31.7 Å². The Hall–Kier alpha value is -1.64. The zero-order valence-electron chi connectivity index (χ0n) is 8.28. The van der Waals surface area contributed by atoms with Gasteiger partial charge >= 0.3 is 10.3 Å². The second kappa shape index (κ2) is 3.99. The first kappa shape index (κ1) is 11.8. The van der Waals surface area contributed by atoms with Crippen molar-refractivity contribution in [3.8, 4) is 11.5 Å². The molecule has 0 aliphatic carbocycles. The first-order valence-corrected chi connectivity index (χ1v) is 6.63. The van der Waals surface area contributed by atoms with E-state index in [0.717, 1.165) is 17.4 Å². The largest absolute Gasteiger partial charge is 0.507 e. The predicted octanol–water partition coefficient (Wildman–Crippen LogP) is 0.549. The lowest BCUT2D eigenvalue weighted by Crippen LogP contribution is -2.18. The van der Waals surface area contributed by atoms with E-state index >= 15 is 0 Å². The SMILES string of the molecule is NS(=O)(=O)Oc1cc(O)c2ccc(=O)sc2c1. The minimum absolute atomic E-state index is 0.139. The fourth-order valence-corrected chi connectivity index (χ4v) is 2.49. The summed E-state index contributed by atoms with van der Waals surface area (Å²) < 4.78 is 26.1. The summed E-state index contributed by atoms with van der Waals surface area (Å²) >= 11 is 0.865. The Morgan fingerprint density at radius 1 is 1.29 bits per heavy atom. The van der Waals surface area contributed by atoms with Gasteiger partial charge in [0, 0.05) is 22.2 Å². The standard InChI is InChI=1S/C9H7NO5S2/c10-17(13,14)15-5-3-7(11)6-1-2-9(12)16-8(6)4-5/h1-4,11H,(H2,10,13,14). The molecule has 17 heavy (non-hydrogen) atoms. The molecule has 0 aliphatic heterocycles. The number of aromatic hydroxyl groups is 1. The number of benzene rings is 1. The normalized spacial score (nSPS) is 11.6. The van der Waals surface area contributed by atoms with Crippen LogP contribution in [-0.4, -0.2) is 13.5 Å². The summed E-state index contributed by atoms with van der Waals surface area (Å²) in [5.41, 5.74) is 0. The third kappa shape index (κ3) is 2.73. The highest BCUT2D eigenvalue weighted by molar-refractivity contribution is 7.84. The van der Waals surface area contributed by atoms with Gasteiger partial charge in [-0.1, -0.05) is 11.3 Å². The molecule has 0 aliphatic rings. The summed E-state index contributed by atoms with van der Waals surface area (Å²) in [4.78, 5) is 11.1. The van der Waals surface area contributed by atoms with Crippen LogP contribution >= 0.6 is 11.3 Å². The summed E-state index contributed by atoms with van der Waals surface area (Å²) in [6.07, 6.45) is 0. The Kier molecular flexibility index (Phi) is 2.77. The topological polar surface area (TPSA) is 107 Å². The van der Waals surface area contributed by atoms with E-state index in [2.05, 4.69) is 4.18 Å². The number of phenolic OH excluding ortho intramolecular Hbond substituents is 1. The van der Waals surface area contributed by atoms with Gasteiger partial charge in [-0.05, 0) is 12.1 Å². The van der Waals surface area contributed by atoms with Gasteiger partial charge in [0.1, 0.15) is 11.5 Å². The second-order valence-electron chi connectivity index (χ2n) is 3.18. The molecule has 8 heteroatoms. The summed E-state index contributed by atoms with van der Waals surface area (Å²) in [6, 6.07) is 5.20. The molecular formula is C9H7NO5S2. The number of phenols is 1. The highest BCUT2D eigenvalue weighted by Gasteiger charge is 2.09. The Morgan fingerprint density at radius 2 is 2.00 bits per heavy atom. The van der Waals surface area contributed by atoms with Crippen molar-refractivity contribution in [1.82, 2.24) is 0 Å². The van der Waals surface area contributed by atoms with Gasteiger partial charge in [-0.3, -0.25) is 4.79 Å². The lowest BCUT2D eigenvalue weighted by Gasteiger charge is -2.05. The average molecular weight is 273 g/mol. The highest BCUT2D eigenvalue weighted by atomic mass is 32.2. The fourth-order valence-electron chi connectivity index (χ4n) is 1.32. The van der Waals surface area contributed by atoms with E-state index in [1.165, 1.54) is 18.2 Å². The third-order valence-corrected chi connectivity index (χ3v) is 3.22. The number of nitrogens with two attached hydrogens (primary N) is 1. The molecule has 0 atom stereocenters. The van der Waals surface area contributed by atoms with Crippen LogP contribution in [0.25, 0.3) is 10.1 Å². The minimum Gasteiger partial charge on any atom is -0.507 e. The van der Waals surface area contributed by atoms with Crippen LogP contribution in [0.1, 0.15) is 0 Å². The molecular weight excluding hydrogens is 266 g/mol. The van der Waals surface area contributed by atoms with Crippen molar-refractivity contribution in [3.05, 3.63) is 33.8 Å². The maximum Gasteiger partial charge on any atom is 0.380 e. The van der Waals surface area contributed by atoms with Crippen molar-refractivity contribution in [2.24, 2.45) is 5.14 Å². The van der Waals surface area contributed by atoms with Crippen LogP contribution in [0.2, 0.25) is 0 Å². The molecule has 1 aromatic heterocycles. The average Bonchev–Trinajstić information content (AvgIpc) is 2.13. The van der Waals surface area contributed by atoms with Gasteiger partial charge in [-0.25, -0.2) is 0 Å². The van der Waals surface area contributed by atoms with Gasteiger partial charge < -0.3 is 9.29 Å². The van der Waals surface area contributed by atoms with E-state index < -0.39 is 10.3 Å². The summed E-state index contributed by atoms with van der Waals surface area (Å²) in [5, 5.41) is 14.8. The molecule has 0 fully saturated rings. The monoisotopic (exact) mass is 273 g/mol. The molecule has 0 amide bonds. The fraction of sp³-hybridized carbons (Fsp3) is 0. The molecule has 0 bridgehead atoms. The lowest BCUT2D eigenvalue weighted by atomic mass is 10.2. The summed E-state index contributed by atoms with van der Waals surface area (Å²) in [7, 11) is -4.16. The van der Waals surface area contributed by atoms with Crippen molar-refractivity contribution in [3.63, 3.8) is 0 Å². The first-order chi connectivity index (χ1) is 7.85. The molecule has 1 heterocycles. The zero-order valence-corrected chi connectivity index (χ0v) is 9.92. The zero-order chi connectivity index (χ0) is 12.6. The number of hydrogen-bond acceptors (Lipinski definition) is 6. The van der Waals surface area contributed by atoms with E-state index in [9.17, 15) is 18.3 Å². The lowest BCUT2D eigenvalue weighted by molar-refractivity contribution is 0.469.